The van der Waals surface area contributed by atoms with Crippen molar-refractivity contribution >= 4 is 12.1 Å². The molecule has 22 heavy (non-hydrogen) atoms. The number of urea groups is 1. The zero-order valence-electron chi connectivity index (χ0n) is 13.7. The van der Waals surface area contributed by atoms with Gasteiger partial charge in [0.05, 0.1) is 20.3 Å². The summed E-state index contributed by atoms with van der Waals surface area (Å²) < 4.78 is 10.6. The Kier molecular flexibility index (Phi) is 4.75. The summed E-state index contributed by atoms with van der Waals surface area (Å²) in [6.45, 7) is 1.99. The highest BCUT2D eigenvalue weighted by atomic mass is 16.5. The third-order valence-electron chi connectivity index (χ3n) is 3.87. The number of amides is 2. The topological polar surface area (TPSA) is 42.0 Å². The Labute approximate surface area is 131 Å². The van der Waals surface area contributed by atoms with Crippen molar-refractivity contribution in [2.75, 3.05) is 28.3 Å². The fraction of sp³-hybridized carbons (Fsp3) is 0.353. The van der Waals surface area contributed by atoms with Gasteiger partial charge in [0.15, 0.2) is 0 Å². The van der Waals surface area contributed by atoms with Crippen molar-refractivity contribution in [3.63, 3.8) is 0 Å². The first-order valence-electron chi connectivity index (χ1n) is 7.10. The first-order chi connectivity index (χ1) is 10.5. The molecule has 5 heteroatoms. The third-order valence-corrected chi connectivity index (χ3v) is 3.87. The molecule has 0 radical (unpaired) electrons. The van der Waals surface area contributed by atoms with E-state index < -0.39 is 0 Å². The zero-order chi connectivity index (χ0) is 16.3. The molecule has 1 aliphatic rings. The molecule has 0 spiro atoms. The number of ether oxygens (including phenoxy) is 2. The van der Waals surface area contributed by atoms with Crippen LogP contribution in [0.5, 0.6) is 11.5 Å². The van der Waals surface area contributed by atoms with Crippen LogP contribution < -0.4 is 9.47 Å². The monoisotopic (exact) mass is 302 g/mol. The van der Waals surface area contributed by atoms with E-state index in [9.17, 15) is 4.79 Å². The smallest absolute Gasteiger partial charge is 0.324 e. The maximum atomic E-state index is 12.1. The van der Waals surface area contributed by atoms with Crippen LogP contribution in [-0.4, -0.2) is 50.2 Å². The Bertz CT molecular complexity index is 622. The van der Waals surface area contributed by atoms with E-state index in [4.69, 9.17) is 9.47 Å². The molecule has 0 saturated carbocycles. The number of hydrogen-bond acceptors (Lipinski definition) is 3. The van der Waals surface area contributed by atoms with E-state index in [-0.39, 0.29) is 12.1 Å². The van der Waals surface area contributed by atoms with Crippen LogP contribution in [-0.2, 0) is 0 Å². The van der Waals surface area contributed by atoms with Crippen molar-refractivity contribution in [3.05, 3.63) is 41.6 Å². The standard InChI is InChI=1S/C17H22N2O3/c1-12-10-14(19(3)17(20)18(12)2)8-6-13-7-9-15(21-4)11-16(13)22-5/h6-12H,1-5H3. The number of hydrogen-bond donors (Lipinski definition) is 0. The highest BCUT2D eigenvalue weighted by Gasteiger charge is 2.25. The SMILES string of the molecule is COc1ccc(C=CC2=CC(C)N(C)C(=O)N2C)c(OC)c1. The average Bonchev–Trinajstić information content (AvgIpc) is 2.54. The Morgan fingerprint density at radius 1 is 1.14 bits per heavy atom. The van der Waals surface area contributed by atoms with E-state index >= 15 is 0 Å². The van der Waals surface area contributed by atoms with Gasteiger partial charge in [-0.25, -0.2) is 4.79 Å². The van der Waals surface area contributed by atoms with E-state index in [2.05, 4.69) is 0 Å². The molecule has 0 aliphatic carbocycles. The van der Waals surface area contributed by atoms with E-state index in [0.717, 1.165) is 22.8 Å². The molecule has 0 fully saturated rings. The van der Waals surface area contributed by atoms with Crippen LogP contribution in [0.25, 0.3) is 6.08 Å². The minimum absolute atomic E-state index is 0.0173. The van der Waals surface area contributed by atoms with Crippen LogP contribution in [0, 0.1) is 0 Å². The molecule has 1 heterocycles. The lowest BCUT2D eigenvalue weighted by molar-refractivity contribution is 0.170. The van der Waals surface area contributed by atoms with Gasteiger partial charge in [0, 0.05) is 31.4 Å². The molecule has 2 rings (SSSR count). The summed E-state index contributed by atoms with van der Waals surface area (Å²) in [5.41, 5.74) is 1.80. The molecule has 0 saturated heterocycles. The number of nitrogens with zero attached hydrogens (tertiary/aromatic N) is 2. The van der Waals surface area contributed by atoms with Crippen LogP contribution >= 0.6 is 0 Å². The number of carbonyl (C=O) groups excluding carboxylic acids is 1. The summed E-state index contributed by atoms with van der Waals surface area (Å²) in [5, 5.41) is 0. The summed E-state index contributed by atoms with van der Waals surface area (Å²) >= 11 is 0. The second kappa shape index (κ2) is 6.56. The van der Waals surface area contributed by atoms with Gasteiger partial charge in [-0.15, -0.1) is 0 Å². The highest BCUT2D eigenvalue weighted by molar-refractivity contribution is 5.79. The Morgan fingerprint density at radius 3 is 2.50 bits per heavy atom. The lowest BCUT2D eigenvalue weighted by atomic mass is 10.1. The number of likely N-dealkylation sites (N-methyl/N-ethyl adjacent to an activating group) is 2. The summed E-state index contributed by atoms with van der Waals surface area (Å²) in [4.78, 5) is 15.4. The van der Waals surface area contributed by atoms with Gasteiger partial charge in [-0.2, -0.15) is 0 Å². The number of allylic oxidation sites excluding steroid dienone is 1. The van der Waals surface area contributed by atoms with Crippen LogP contribution in [0.1, 0.15) is 12.5 Å². The normalized spacial score (nSPS) is 18.7. The lowest BCUT2D eigenvalue weighted by Gasteiger charge is -2.34. The van der Waals surface area contributed by atoms with Crippen LogP contribution in [0.15, 0.2) is 36.0 Å². The fourth-order valence-electron chi connectivity index (χ4n) is 2.29. The third kappa shape index (κ3) is 3.08. The van der Waals surface area contributed by atoms with Crippen LogP contribution in [0.4, 0.5) is 4.79 Å². The second-order valence-electron chi connectivity index (χ2n) is 5.23. The molecule has 1 aliphatic heterocycles. The molecule has 0 bridgehead atoms. The minimum Gasteiger partial charge on any atom is -0.497 e. The van der Waals surface area contributed by atoms with Gasteiger partial charge in [-0.1, -0.05) is 0 Å². The first kappa shape index (κ1) is 15.9. The molecule has 1 unspecified atom stereocenters. The van der Waals surface area contributed by atoms with Crippen molar-refractivity contribution in [2.24, 2.45) is 0 Å². The van der Waals surface area contributed by atoms with Gasteiger partial charge in [-0.3, -0.25) is 4.90 Å². The van der Waals surface area contributed by atoms with Gasteiger partial charge in [0.1, 0.15) is 11.5 Å². The summed E-state index contributed by atoms with van der Waals surface area (Å²) in [6.07, 6.45) is 5.91. The average molecular weight is 302 g/mol. The predicted molar refractivity (Wildman–Crippen MR) is 87.0 cm³/mol. The Balaban J connectivity index is 2.28. The zero-order valence-corrected chi connectivity index (χ0v) is 13.7. The van der Waals surface area contributed by atoms with Gasteiger partial charge >= 0.3 is 6.03 Å². The summed E-state index contributed by atoms with van der Waals surface area (Å²) in [6, 6.07) is 5.69. The molecule has 0 N–H and O–H groups in total. The summed E-state index contributed by atoms with van der Waals surface area (Å²) in [7, 11) is 6.81. The van der Waals surface area contributed by atoms with E-state index in [1.54, 1.807) is 38.1 Å². The fourth-order valence-corrected chi connectivity index (χ4v) is 2.29. The molecule has 5 nitrogen and oxygen atoms in total. The quantitative estimate of drug-likeness (QED) is 0.858. The number of rotatable bonds is 4. The highest BCUT2D eigenvalue weighted by Crippen LogP contribution is 2.26. The van der Waals surface area contributed by atoms with E-state index in [1.807, 2.05) is 43.4 Å². The number of carbonyl (C=O) groups is 1. The maximum Gasteiger partial charge on any atom is 0.324 e. The number of methoxy groups -OCH3 is 2. The van der Waals surface area contributed by atoms with Gasteiger partial charge < -0.3 is 14.4 Å². The van der Waals surface area contributed by atoms with Crippen molar-refractivity contribution in [1.29, 1.82) is 0 Å². The van der Waals surface area contributed by atoms with Crippen molar-refractivity contribution < 1.29 is 14.3 Å². The maximum absolute atomic E-state index is 12.1. The van der Waals surface area contributed by atoms with Crippen molar-refractivity contribution in [2.45, 2.75) is 13.0 Å². The van der Waals surface area contributed by atoms with Crippen molar-refractivity contribution in [3.8, 4) is 11.5 Å². The van der Waals surface area contributed by atoms with Crippen molar-refractivity contribution in [1.82, 2.24) is 9.80 Å². The number of benzene rings is 1. The Hall–Kier alpha value is -2.43. The van der Waals surface area contributed by atoms with Gasteiger partial charge in [-0.05, 0) is 37.3 Å². The lowest BCUT2D eigenvalue weighted by Crippen LogP contribution is -2.46. The van der Waals surface area contributed by atoms with Crippen LogP contribution in [0.2, 0.25) is 0 Å². The van der Waals surface area contributed by atoms with Gasteiger partial charge in [0.2, 0.25) is 0 Å². The molecule has 118 valence electrons. The van der Waals surface area contributed by atoms with Crippen LogP contribution in [0.3, 0.4) is 0 Å². The molecule has 1 aromatic carbocycles. The molecule has 2 amide bonds. The predicted octanol–water partition coefficient (Wildman–Crippen LogP) is 2.99. The second-order valence-corrected chi connectivity index (χ2v) is 5.23. The van der Waals surface area contributed by atoms with Gasteiger partial charge in [0.25, 0.3) is 0 Å². The van der Waals surface area contributed by atoms with E-state index in [1.165, 1.54) is 0 Å². The molecule has 1 atom stereocenters. The summed E-state index contributed by atoms with van der Waals surface area (Å²) in [5.74, 6) is 1.47. The largest absolute Gasteiger partial charge is 0.497 e. The Morgan fingerprint density at radius 2 is 1.86 bits per heavy atom. The van der Waals surface area contributed by atoms with E-state index in [0.29, 0.717) is 0 Å². The molecular formula is C17H22N2O3. The minimum atomic E-state index is -0.0173. The first-order valence-corrected chi connectivity index (χ1v) is 7.10. The molecule has 1 aromatic rings. The molecule has 0 aromatic heterocycles. The molecular weight excluding hydrogens is 280 g/mol.